The highest BCUT2D eigenvalue weighted by atomic mass is 32.2. The predicted molar refractivity (Wildman–Crippen MR) is 116 cm³/mol. The zero-order valence-electron chi connectivity index (χ0n) is 16.7. The van der Waals surface area contributed by atoms with Crippen molar-refractivity contribution in [1.29, 1.82) is 0 Å². The molecular formula is C22H21FN2O3S2. The van der Waals surface area contributed by atoms with E-state index in [1.54, 1.807) is 0 Å². The van der Waals surface area contributed by atoms with Crippen molar-refractivity contribution in [3.63, 3.8) is 0 Å². The normalized spacial score (nSPS) is 12.3. The molecule has 156 valence electrons. The Balaban J connectivity index is 1.78. The summed E-state index contributed by atoms with van der Waals surface area (Å²) in [6, 6.07) is 8.71. The minimum absolute atomic E-state index is 0.0111. The van der Waals surface area contributed by atoms with Gasteiger partial charge in [0.25, 0.3) is 0 Å². The molecule has 0 fully saturated rings. The van der Waals surface area contributed by atoms with Crippen LogP contribution in [-0.4, -0.2) is 24.6 Å². The van der Waals surface area contributed by atoms with E-state index in [1.807, 2.05) is 30.5 Å². The van der Waals surface area contributed by atoms with Crippen LogP contribution in [0.25, 0.3) is 10.2 Å². The lowest BCUT2D eigenvalue weighted by molar-refractivity contribution is -0.118. The van der Waals surface area contributed by atoms with E-state index in [1.165, 1.54) is 23.5 Å². The number of halogens is 1. The number of aromatic nitrogens is 1. The summed E-state index contributed by atoms with van der Waals surface area (Å²) in [6.45, 7) is 4.31. The molecule has 8 heteroatoms. The Hall–Kier alpha value is -2.76. The van der Waals surface area contributed by atoms with Gasteiger partial charge in [-0.05, 0) is 67.8 Å². The van der Waals surface area contributed by atoms with Gasteiger partial charge < -0.3 is 4.57 Å². The summed E-state index contributed by atoms with van der Waals surface area (Å²) in [7, 11) is -3.58. The number of hydrogen-bond donors (Lipinski definition) is 0. The SMILES string of the molecule is C#CCn1c(=NC(=O)CCCS(=O)(=O)c2ccc(F)cc2)sc2cc(C)c(C)cc21. The molecule has 0 bridgehead atoms. The molecule has 0 aliphatic carbocycles. The quantitative estimate of drug-likeness (QED) is 0.429. The highest BCUT2D eigenvalue weighted by Crippen LogP contribution is 2.22. The summed E-state index contributed by atoms with van der Waals surface area (Å²) in [5, 5.41) is 0. The zero-order chi connectivity index (χ0) is 21.9. The van der Waals surface area contributed by atoms with Crippen molar-refractivity contribution in [3.8, 4) is 12.3 Å². The molecule has 1 aromatic heterocycles. The lowest BCUT2D eigenvalue weighted by Gasteiger charge is -2.04. The smallest absolute Gasteiger partial charge is 0.248 e. The first-order valence-electron chi connectivity index (χ1n) is 9.31. The number of rotatable bonds is 6. The van der Waals surface area contributed by atoms with Gasteiger partial charge in [-0.25, -0.2) is 12.8 Å². The molecule has 3 aromatic rings. The second-order valence-corrected chi connectivity index (χ2v) is 10.1. The summed E-state index contributed by atoms with van der Waals surface area (Å²) in [4.78, 5) is 17.1. The molecule has 2 aromatic carbocycles. The fourth-order valence-corrected chi connectivity index (χ4v) is 5.42. The predicted octanol–water partition coefficient (Wildman–Crippen LogP) is 3.77. The van der Waals surface area contributed by atoms with Gasteiger partial charge in [0.2, 0.25) is 5.91 Å². The molecular weight excluding hydrogens is 423 g/mol. The summed E-state index contributed by atoms with van der Waals surface area (Å²) in [5.41, 5.74) is 3.18. The Bertz CT molecular complexity index is 1310. The van der Waals surface area contributed by atoms with Crippen molar-refractivity contribution in [2.45, 2.75) is 38.1 Å². The van der Waals surface area contributed by atoms with Crippen LogP contribution < -0.4 is 4.80 Å². The fraction of sp³-hybridized carbons (Fsp3) is 0.273. The van der Waals surface area contributed by atoms with Gasteiger partial charge in [-0.3, -0.25) is 4.79 Å². The number of hydrogen-bond acceptors (Lipinski definition) is 4. The van der Waals surface area contributed by atoms with Crippen molar-refractivity contribution in [2.75, 3.05) is 5.75 Å². The molecule has 0 aliphatic heterocycles. The Morgan fingerprint density at radius 2 is 1.87 bits per heavy atom. The van der Waals surface area contributed by atoms with Crippen molar-refractivity contribution in [2.24, 2.45) is 4.99 Å². The topological polar surface area (TPSA) is 68.5 Å². The Kier molecular flexibility index (Phi) is 6.54. The molecule has 0 radical (unpaired) electrons. The molecule has 0 N–H and O–H groups in total. The third-order valence-corrected chi connectivity index (χ3v) is 7.60. The molecule has 3 rings (SSSR count). The lowest BCUT2D eigenvalue weighted by Crippen LogP contribution is -2.17. The van der Waals surface area contributed by atoms with Crippen molar-refractivity contribution >= 4 is 37.3 Å². The van der Waals surface area contributed by atoms with E-state index >= 15 is 0 Å². The molecule has 0 spiro atoms. The third-order valence-electron chi connectivity index (χ3n) is 4.74. The second-order valence-electron chi connectivity index (χ2n) is 6.96. The number of terminal acetylenes is 1. The number of carbonyl (C=O) groups is 1. The summed E-state index contributed by atoms with van der Waals surface area (Å²) in [5.74, 6) is 1.46. The maximum absolute atomic E-state index is 13.0. The average Bonchev–Trinajstić information content (AvgIpc) is 2.99. The van der Waals surface area contributed by atoms with E-state index in [4.69, 9.17) is 6.42 Å². The first kappa shape index (κ1) is 21.9. The van der Waals surface area contributed by atoms with E-state index in [0.29, 0.717) is 4.80 Å². The van der Waals surface area contributed by atoms with Crippen LogP contribution >= 0.6 is 11.3 Å². The van der Waals surface area contributed by atoms with E-state index in [-0.39, 0.29) is 30.0 Å². The van der Waals surface area contributed by atoms with Gasteiger partial charge in [-0.1, -0.05) is 17.3 Å². The second kappa shape index (κ2) is 8.94. The molecule has 1 heterocycles. The first-order valence-corrected chi connectivity index (χ1v) is 11.8. The van der Waals surface area contributed by atoms with Crippen LogP contribution in [0.3, 0.4) is 0 Å². The van der Waals surface area contributed by atoms with Crippen molar-refractivity contribution < 1.29 is 17.6 Å². The highest BCUT2D eigenvalue weighted by Gasteiger charge is 2.15. The molecule has 30 heavy (non-hydrogen) atoms. The molecule has 0 aliphatic rings. The molecule has 5 nitrogen and oxygen atoms in total. The number of sulfone groups is 1. The number of amides is 1. The fourth-order valence-electron chi connectivity index (χ4n) is 2.99. The molecule has 0 atom stereocenters. The average molecular weight is 445 g/mol. The number of thiazole rings is 1. The molecule has 0 saturated carbocycles. The van der Waals surface area contributed by atoms with Crippen LogP contribution in [0.15, 0.2) is 46.3 Å². The zero-order valence-corrected chi connectivity index (χ0v) is 18.3. The van der Waals surface area contributed by atoms with Gasteiger partial charge in [0.05, 0.1) is 27.4 Å². The Morgan fingerprint density at radius 3 is 2.53 bits per heavy atom. The van der Waals surface area contributed by atoms with E-state index in [2.05, 4.69) is 10.9 Å². The van der Waals surface area contributed by atoms with Gasteiger partial charge in [-0.2, -0.15) is 4.99 Å². The van der Waals surface area contributed by atoms with Gasteiger partial charge >= 0.3 is 0 Å². The molecule has 1 amide bonds. The minimum Gasteiger partial charge on any atom is -0.305 e. The van der Waals surface area contributed by atoms with E-state index in [0.717, 1.165) is 33.5 Å². The van der Waals surface area contributed by atoms with Crippen LogP contribution in [0.2, 0.25) is 0 Å². The van der Waals surface area contributed by atoms with E-state index < -0.39 is 21.6 Å². The number of fused-ring (bicyclic) bond motifs is 1. The van der Waals surface area contributed by atoms with Crippen molar-refractivity contribution in [1.82, 2.24) is 4.57 Å². The molecule has 0 saturated heterocycles. The van der Waals surface area contributed by atoms with Gasteiger partial charge in [0.15, 0.2) is 14.6 Å². The summed E-state index contributed by atoms with van der Waals surface area (Å²) in [6.07, 6.45) is 5.60. The minimum atomic E-state index is -3.58. The lowest BCUT2D eigenvalue weighted by atomic mass is 10.1. The van der Waals surface area contributed by atoms with Gasteiger partial charge in [-0.15, -0.1) is 6.42 Å². The number of benzene rings is 2. The maximum atomic E-state index is 13.0. The van der Waals surface area contributed by atoms with Crippen LogP contribution in [-0.2, 0) is 21.2 Å². The van der Waals surface area contributed by atoms with E-state index in [9.17, 15) is 17.6 Å². The van der Waals surface area contributed by atoms with Crippen molar-refractivity contribution in [3.05, 3.63) is 58.1 Å². The van der Waals surface area contributed by atoms with Crippen LogP contribution in [0, 0.1) is 32.0 Å². The largest absolute Gasteiger partial charge is 0.305 e. The van der Waals surface area contributed by atoms with Gasteiger partial charge in [0, 0.05) is 6.42 Å². The molecule has 0 unspecified atom stereocenters. The van der Waals surface area contributed by atoms with Crippen LogP contribution in [0.1, 0.15) is 24.0 Å². The Morgan fingerprint density at radius 1 is 1.20 bits per heavy atom. The maximum Gasteiger partial charge on any atom is 0.248 e. The van der Waals surface area contributed by atoms with Crippen LogP contribution in [0.4, 0.5) is 4.39 Å². The Labute approximate surface area is 178 Å². The monoisotopic (exact) mass is 444 g/mol. The first-order chi connectivity index (χ1) is 14.2. The third kappa shape index (κ3) is 4.86. The standard InChI is InChI=1S/C22H21FN2O3S2/c1-4-11-25-19-13-15(2)16(3)14-20(19)29-22(25)24-21(26)6-5-12-30(27,28)18-9-7-17(23)8-10-18/h1,7-10,13-14H,5-6,11-12H2,2-3H3. The number of nitrogens with zero attached hydrogens (tertiary/aromatic N) is 2. The highest BCUT2D eigenvalue weighted by molar-refractivity contribution is 7.91. The number of carbonyl (C=O) groups excluding carboxylic acids is 1. The van der Waals surface area contributed by atoms with Gasteiger partial charge in [0.1, 0.15) is 5.82 Å². The number of aryl methyl sites for hydroxylation is 2. The summed E-state index contributed by atoms with van der Waals surface area (Å²) >= 11 is 1.38. The van der Waals surface area contributed by atoms with Crippen LogP contribution in [0.5, 0.6) is 0 Å². The summed E-state index contributed by atoms with van der Waals surface area (Å²) < 4.78 is 40.4.